The van der Waals surface area contributed by atoms with Gasteiger partial charge in [-0.3, -0.25) is 4.79 Å². The van der Waals surface area contributed by atoms with Crippen LogP contribution in [0, 0.1) is 13.8 Å². The number of ketones is 1. The zero-order chi connectivity index (χ0) is 29.9. The van der Waals surface area contributed by atoms with Crippen LogP contribution in [0.2, 0.25) is 0 Å². The molecule has 1 fully saturated rings. The summed E-state index contributed by atoms with van der Waals surface area (Å²) >= 11 is 0. The Bertz CT molecular complexity index is 1760. The maximum absolute atomic E-state index is 13.3. The third kappa shape index (κ3) is 6.37. The normalized spacial score (nSPS) is 13.9. The summed E-state index contributed by atoms with van der Waals surface area (Å²) in [7, 11) is 0. The summed E-state index contributed by atoms with van der Waals surface area (Å²) in [5.41, 5.74) is 6.99. The lowest BCUT2D eigenvalue weighted by atomic mass is 10.0. The van der Waals surface area contributed by atoms with Crippen LogP contribution in [-0.4, -0.2) is 41.0 Å². The van der Waals surface area contributed by atoms with Gasteiger partial charge in [-0.15, -0.1) is 0 Å². The van der Waals surface area contributed by atoms with Gasteiger partial charge in [0.2, 0.25) is 5.78 Å². The van der Waals surface area contributed by atoms with Crippen LogP contribution in [0.25, 0.3) is 22.1 Å². The van der Waals surface area contributed by atoms with Crippen LogP contribution in [0.5, 0.6) is 0 Å². The minimum absolute atomic E-state index is 0.0630. The highest BCUT2D eigenvalue weighted by molar-refractivity contribution is 6.02. The first kappa shape index (κ1) is 28.4. The van der Waals surface area contributed by atoms with Crippen molar-refractivity contribution in [2.24, 2.45) is 0 Å². The Morgan fingerprint density at radius 1 is 0.930 bits per heavy atom. The van der Waals surface area contributed by atoms with E-state index in [1.165, 1.54) is 5.56 Å². The minimum Gasteiger partial charge on any atom is -0.478 e. The average Bonchev–Trinajstić information content (AvgIpc) is 3.37. The number of aromatic carboxylic acids is 1. The van der Waals surface area contributed by atoms with Crippen molar-refractivity contribution in [3.05, 3.63) is 119 Å². The van der Waals surface area contributed by atoms with Gasteiger partial charge in [-0.25, -0.2) is 9.78 Å². The van der Waals surface area contributed by atoms with E-state index in [1.807, 2.05) is 37.3 Å². The van der Waals surface area contributed by atoms with Gasteiger partial charge in [0.1, 0.15) is 11.4 Å². The number of aromatic nitrogens is 1. The fourth-order valence-electron chi connectivity index (χ4n) is 5.65. The molecule has 1 aliphatic heterocycles. The number of aryl methyl sites for hydroxylation is 2. The largest absolute Gasteiger partial charge is 0.478 e. The van der Waals surface area contributed by atoms with Crippen molar-refractivity contribution in [2.75, 3.05) is 18.0 Å². The van der Waals surface area contributed by atoms with E-state index in [-0.39, 0.29) is 23.9 Å². The Balaban J connectivity index is 1.04. The number of rotatable bonds is 9. The van der Waals surface area contributed by atoms with Crippen LogP contribution >= 0.6 is 0 Å². The quantitative estimate of drug-likeness (QED) is 0.183. The number of carboxylic acids is 1. The molecule has 0 atom stereocenters. The van der Waals surface area contributed by atoms with E-state index in [2.05, 4.69) is 47.1 Å². The summed E-state index contributed by atoms with van der Waals surface area (Å²) in [6.07, 6.45) is 3.83. The summed E-state index contributed by atoms with van der Waals surface area (Å²) in [5.74, 6) is 0.284. The molecule has 3 heterocycles. The molecular weight excluding hydrogens is 540 g/mol. The number of pyridine rings is 1. The number of Topliss-reactive ketones (excluding diaryl/α,β-unsaturated/α-hetero) is 1. The summed E-state index contributed by atoms with van der Waals surface area (Å²) < 4.78 is 12.1. The number of furan rings is 1. The fraction of sp³-hybridized carbons (Fsp3) is 0.250. The van der Waals surface area contributed by atoms with Crippen molar-refractivity contribution in [1.29, 1.82) is 0 Å². The predicted molar refractivity (Wildman–Crippen MR) is 167 cm³/mol. The maximum atomic E-state index is 13.3. The topological polar surface area (TPSA) is 92.9 Å². The van der Waals surface area contributed by atoms with E-state index in [0.29, 0.717) is 18.0 Å². The molecule has 218 valence electrons. The fourth-order valence-corrected chi connectivity index (χ4v) is 5.65. The number of anilines is 1. The van der Waals surface area contributed by atoms with Crippen molar-refractivity contribution in [3.63, 3.8) is 0 Å². The average molecular weight is 575 g/mol. The van der Waals surface area contributed by atoms with E-state index in [0.717, 1.165) is 65.0 Å². The van der Waals surface area contributed by atoms with E-state index in [9.17, 15) is 14.7 Å². The number of carbonyl (C=O) groups is 2. The number of carboxylic acid groups (broad SMARTS) is 1. The molecule has 0 unspecified atom stereocenters. The summed E-state index contributed by atoms with van der Waals surface area (Å²) in [6.45, 7) is 6.04. The van der Waals surface area contributed by atoms with Gasteiger partial charge < -0.3 is 19.2 Å². The van der Waals surface area contributed by atoms with Gasteiger partial charge in [-0.05, 0) is 79.3 Å². The lowest BCUT2D eigenvalue weighted by Crippen LogP contribution is -2.37. The number of carbonyl (C=O) groups excluding carboxylic acids is 1. The van der Waals surface area contributed by atoms with Crippen LogP contribution in [0.4, 0.5) is 5.82 Å². The van der Waals surface area contributed by atoms with Gasteiger partial charge in [0.15, 0.2) is 5.76 Å². The SMILES string of the molecule is Cc1ccc(-c2ccc3oc(C(=O)Cc4ccc(N5CCC(OCc6cccc(C(=O)O)c6)CC5)nc4)c(C)c3c2)cc1. The second-order valence-corrected chi connectivity index (χ2v) is 11.3. The molecule has 0 amide bonds. The highest BCUT2D eigenvalue weighted by atomic mass is 16.5. The molecule has 0 aliphatic carbocycles. The van der Waals surface area contributed by atoms with Crippen molar-refractivity contribution in [3.8, 4) is 11.1 Å². The molecular formula is C36H34N2O5. The van der Waals surface area contributed by atoms with E-state index in [4.69, 9.17) is 9.15 Å². The van der Waals surface area contributed by atoms with Crippen LogP contribution < -0.4 is 4.90 Å². The van der Waals surface area contributed by atoms with Crippen LogP contribution in [0.3, 0.4) is 0 Å². The lowest BCUT2D eigenvalue weighted by Gasteiger charge is -2.32. The number of fused-ring (bicyclic) bond motifs is 1. The number of hydrogen-bond acceptors (Lipinski definition) is 6. The monoisotopic (exact) mass is 574 g/mol. The van der Waals surface area contributed by atoms with E-state index in [1.54, 1.807) is 24.4 Å². The summed E-state index contributed by atoms with van der Waals surface area (Å²) in [6, 6.07) is 25.3. The van der Waals surface area contributed by atoms with Crippen molar-refractivity contribution >= 4 is 28.5 Å². The highest BCUT2D eigenvalue weighted by Crippen LogP contribution is 2.31. The Morgan fingerprint density at radius 2 is 1.70 bits per heavy atom. The zero-order valence-electron chi connectivity index (χ0n) is 24.4. The minimum atomic E-state index is -0.935. The van der Waals surface area contributed by atoms with Gasteiger partial charge in [-0.1, -0.05) is 54.1 Å². The first-order chi connectivity index (χ1) is 20.8. The molecule has 0 bridgehead atoms. The van der Waals surface area contributed by atoms with Crippen molar-refractivity contribution in [1.82, 2.24) is 4.98 Å². The number of nitrogens with zero attached hydrogens (tertiary/aromatic N) is 2. The molecule has 1 saturated heterocycles. The molecule has 1 aliphatic rings. The van der Waals surface area contributed by atoms with E-state index < -0.39 is 5.97 Å². The molecule has 1 N–H and O–H groups in total. The van der Waals surface area contributed by atoms with Crippen molar-refractivity contribution in [2.45, 2.75) is 45.8 Å². The Hall–Kier alpha value is -4.75. The molecule has 0 saturated carbocycles. The standard InChI is InChI=1S/C36H34N2O5/c1-23-6-9-27(10-7-23)28-11-12-33-31(20-28)24(2)35(43-33)32(39)19-25-8-13-34(37-21-25)38-16-14-30(15-17-38)42-22-26-4-3-5-29(18-26)36(40)41/h3-13,18,20-21,30H,14-17,19,22H2,1-2H3,(H,40,41). The van der Waals surface area contributed by atoms with Crippen LogP contribution in [0.15, 0.2) is 89.5 Å². The molecule has 7 heteroatoms. The predicted octanol–water partition coefficient (Wildman–Crippen LogP) is 7.42. The van der Waals surface area contributed by atoms with Gasteiger partial charge in [0.25, 0.3) is 0 Å². The van der Waals surface area contributed by atoms with Gasteiger partial charge in [-0.2, -0.15) is 0 Å². The highest BCUT2D eigenvalue weighted by Gasteiger charge is 2.22. The zero-order valence-corrected chi connectivity index (χ0v) is 24.4. The molecule has 6 rings (SSSR count). The van der Waals surface area contributed by atoms with Gasteiger partial charge >= 0.3 is 5.97 Å². The Kier molecular flexibility index (Phi) is 8.07. The first-order valence-corrected chi connectivity index (χ1v) is 14.6. The summed E-state index contributed by atoms with van der Waals surface area (Å²) in [5, 5.41) is 10.1. The third-order valence-electron chi connectivity index (χ3n) is 8.17. The Morgan fingerprint density at radius 3 is 2.42 bits per heavy atom. The first-order valence-electron chi connectivity index (χ1n) is 14.6. The number of benzene rings is 3. The smallest absolute Gasteiger partial charge is 0.335 e. The number of piperidine rings is 1. The van der Waals surface area contributed by atoms with Crippen LogP contribution in [0.1, 0.15) is 56.0 Å². The molecule has 2 aromatic heterocycles. The molecule has 7 nitrogen and oxygen atoms in total. The Labute approximate surface area is 250 Å². The number of ether oxygens (including phenoxy) is 1. The molecule has 5 aromatic rings. The molecule has 0 spiro atoms. The maximum Gasteiger partial charge on any atom is 0.335 e. The second kappa shape index (κ2) is 12.2. The lowest BCUT2D eigenvalue weighted by molar-refractivity contribution is 0.0250. The molecule has 0 radical (unpaired) electrons. The summed E-state index contributed by atoms with van der Waals surface area (Å²) in [4.78, 5) is 31.3. The van der Waals surface area contributed by atoms with E-state index >= 15 is 0 Å². The molecule has 3 aromatic carbocycles. The number of hydrogen-bond donors (Lipinski definition) is 1. The van der Waals surface area contributed by atoms with Gasteiger partial charge in [0, 0.05) is 36.7 Å². The van der Waals surface area contributed by atoms with Gasteiger partial charge in [0.05, 0.1) is 18.3 Å². The van der Waals surface area contributed by atoms with Crippen molar-refractivity contribution < 1.29 is 23.8 Å². The second-order valence-electron chi connectivity index (χ2n) is 11.3. The molecule has 43 heavy (non-hydrogen) atoms. The van der Waals surface area contributed by atoms with Crippen LogP contribution in [-0.2, 0) is 17.8 Å². The third-order valence-corrected chi connectivity index (χ3v) is 8.17.